The Morgan fingerprint density at radius 2 is 1.93 bits per heavy atom. The standard InChI is InChI=1S/C21H18BrNO6/c1-3-27-19(24)12-28-17-9-4-13(11-18(17)26-2)10-16-21(25)29-20(23-16)14-5-7-15(22)8-6-14/h4-11H,3,12H2,1-2H3/b16-10-. The van der Waals surface area contributed by atoms with Crippen LogP contribution in [0.3, 0.4) is 0 Å². The quantitative estimate of drug-likeness (QED) is 0.463. The van der Waals surface area contributed by atoms with Crippen molar-refractivity contribution in [3.8, 4) is 11.5 Å². The first-order valence-corrected chi connectivity index (χ1v) is 9.54. The number of ether oxygens (including phenoxy) is 4. The Morgan fingerprint density at radius 3 is 2.62 bits per heavy atom. The molecule has 0 aliphatic carbocycles. The lowest BCUT2D eigenvalue weighted by atomic mass is 10.1. The summed E-state index contributed by atoms with van der Waals surface area (Å²) >= 11 is 3.36. The van der Waals surface area contributed by atoms with Crippen LogP contribution in [0.2, 0.25) is 0 Å². The molecule has 29 heavy (non-hydrogen) atoms. The lowest BCUT2D eigenvalue weighted by molar-refractivity contribution is -0.145. The number of benzene rings is 2. The molecule has 0 bridgehead atoms. The van der Waals surface area contributed by atoms with Crippen LogP contribution in [0.25, 0.3) is 6.08 Å². The predicted molar refractivity (Wildman–Crippen MR) is 110 cm³/mol. The molecule has 1 aliphatic heterocycles. The number of hydrogen-bond donors (Lipinski definition) is 0. The Hall–Kier alpha value is -3.13. The third-order valence-electron chi connectivity index (χ3n) is 3.85. The fraction of sp³-hybridized carbons (Fsp3) is 0.190. The average molecular weight is 460 g/mol. The van der Waals surface area contributed by atoms with Gasteiger partial charge in [0.1, 0.15) is 0 Å². The summed E-state index contributed by atoms with van der Waals surface area (Å²) in [6, 6.07) is 12.3. The Kier molecular flexibility index (Phi) is 6.66. The van der Waals surface area contributed by atoms with Crippen LogP contribution in [0.4, 0.5) is 0 Å². The van der Waals surface area contributed by atoms with E-state index < -0.39 is 11.9 Å². The van der Waals surface area contributed by atoms with Gasteiger partial charge in [-0.2, -0.15) is 0 Å². The zero-order chi connectivity index (χ0) is 20.8. The van der Waals surface area contributed by atoms with Crippen LogP contribution in [0.1, 0.15) is 18.1 Å². The topological polar surface area (TPSA) is 83.4 Å². The van der Waals surface area contributed by atoms with Gasteiger partial charge < -0.3 is 18.9 Å². The second-order valence-corrected chi connectivity index (χ2v) is 6.76. The van der Waals surface area contributed by atoms with Crippen molar-refractivity contribution < 1.29 is 28.5 Å². The smallest absolute Gasteiger partial charge is 0.363 e. The highest BCUT2D eigenvalue weighted by Crippen LogP contribution is 2.30. The summed E-state index contributed by atoms with van der Waals surface area (Å²) < 4.78 is 21.7. The fourth-order valence-corrected chi connectivity index (χ4v) is 2.78. The third kappa shape index (κ3) is 5.23. The number of esters is 2. The summed E-state index contributed by atoms with van der Waals surface area (Å²) in [4.78, 5) is 27.9. The van der Waals surface area contributed by atoms with Gasteiger partial charge in [0.15, 0.2) is 23.8 Å². The maximum absolute atomic E-state index is 12.2. The van der Waals surface area contributed by atoms with E-state index in [2.05, 4.69) is 20.9 Å². The normalized spacial score (nSPS) is 14.4. The van der Waals surface area contributed by atoms with Crippen LogP contribution in [0.15, 0.2) is 57.6 Å². The molecule has 0 N–H and O–H groups in total. The second-order valence-electron chi connectivity index (χ2n) is 5.85. The Bertz CT molecular complexity index is 981. The van der Waals surface area contributed by atoms with Crippen LogP contribution in [-0.2, 0) is 19.1 Å². The van der Waals surface area contributed by atoms with Gasteiger partial charge in [-0.3, -0.25) is 0 Å². The molecule has 0 atom stereocenters. The number of rotatable bonds is 7. The molecule has 0 aromatic heterocycles. The molecule has 3 rings (SSSR count). The van der Waals surface area contributed by atoms with Gasteiger partial charge in [0, 0.05) is 10.0 Å². The van der Waals surface area contributed by atoms with Crippen LogP contribution < -0.4 is 9.47 Å². The maximum atomic E-state index is 12.2. The zero-order valence-corrected chi connectivity index (χ0v) is 17.4. The molecule has 2 aromatic rings. The van der Waals surface area contributed by atoms with E-state index in [9.17, 15) is 9.59 Å². The lowest BCUT2D eigenvalue weighted by Gasteiger charge is -2.10. The van der Waals surface area contributed by atoms with Crippen molar-refractivity contribution >= 4 is 39.8 Å². The summed E-state index contributed by atoms with van der Waals surface area (Å²) in [5.74, 6) is 0.0340. The molecule has 0 spiro atoms. The molecular weight excluding hydrogens is 442 g/mol. The molecule has 0 amide bonds. The molecule has 0 saturated carbocycles. The van der Waals surface area contributed by atoms with Gasteiger partial charge in [-0.25, -0.2) is 14.6 Å². The molecule has 1 heterocycles. The molecule has 0 radical (unpaired) electrons. The number of halogens is 1. The highest BCUT2D eigenvalue weighted by atomic mass is 79.9. The highest BCUT2D eigenvalue weighted by Gasteiger charge is 2.24. The van der Waals surface area contributed by atoms with E-state index in [0.717, 1.165) is 4.47 Å². The minimum Gasteiger partial charge on any atom is -0.493 e. The number of hydrogen-bond acceptors (Lipinski definition) is 7. The predicted octanol–water partition coefficient (Wildman–Crippen LogP) is 3.74. The first-order valence-electron chi connectivity index (χ1n) is 8.75. The summed E-state index contributed by atoms with van der Waals surface area (Å²) in [7, 11) is 1.48. The molecular formula is C21H18BrNO6. The van der Waals surface area contributed by atoms with Gasteiger partial charge in [-0.15, -0.1) is 0 Å². The largest absolute Gasteiger partial charge is 0.493 e. The van der Waals surface area contributed by atoms with Crippen molar-refractivity contribution in [1.29, 1.82) is 0 Å². The van der Waals surface area contributed by atoms with E-state index in [1.807, 2.05) is 12.1 Å². The maximum Gasteiger partial charge on any atom is 0.363 e. The van der Waals surface area contributed by atoms with Crippen LogP contribution in [0, 0.1) is 0 Å². The Morgan fingerprint density at radius 1 is 1.17 bits per heavy atom. The van der Waals surface area contributed by atoms with Crippen molar-refractivity contribution in [2.75, 3.05) is 20.3 Å². The third-order valence-corrected chi connectivity index (χ3v) is 4.38. The average Bonchev–Trinajstić information content (AvgIpc) is 3.08. The zero-order valence-electron chi connectivity index (χ0n) is 15.8. The number of carbonyl (C=O) groups excluding carboxylic acids is 2. The number of cyclic esters (lactones) is 1. The number of nitrogens with zero attached hydrogens (tertiary/aromatic N) is 1. The van der Waals surface area contributed by atoms with Crippen molar-refractivity contribution in [3.05, 3.63) is 63.8 Å². The molecule has 1 aliphatic rings. The van der Waals surface area contributed by atoms with Crippen molar-refractivity contribution in [2.24, 2.45) is 4.99 Å². The highest BCUT2D eigenvalue weighted by molar-refractivity contribution is 9.10. The van der Waals surface area contributed by atoms with Crippen molar-refractivity contribution in [1.82, 2.24) is 0 Å². The van der Waals surface area contributed by atoms with Crippen LogP contribution >= 0.6 is 15.9 Å². The van der Waals surface area contributed by atoms with E-state index in [0.29, 0.717) is 22.6 Å². The Balaban J connectivity index is 1.79. The SMILES string of the molecule is CCOC(=O)COc1ccc(/C=C2\N=C(c3ccc(Br)cc3)OC2=O)cc1OC. The summed E-state index contributed by atoms with van der Waals surface area (Å²) in [5, 5.41) is 0. The fourth-order valence-electron chi connectivity index (χ4n) is 2.52. The molecule has 0 fully saturated rings. The molecule has 150 valence electrons. The molecule has 7 nitrogen and oxygen atoms in total. The van der Waals surface area contributed by atoms with E-state index in [4.69, 9.17) is 18.9 Å². The minimum absolute atomic E-state index is 0.171. The summed E-state index contributed by atoms with van der Waals surface area (Å²) in [5.41, 5.74) is 1.54. The lowest BCUT2D eigenvalue weighted by Crippen LogP contribution is -2.14. The monoisotopic (exact) mass is 459 g/mol. The van der Waals surface area contributed by atoms with Gasteiger partial charge in [0.25, 0.3) is 0 Å². The van der Waals surface area contributed by atoms with E-state index >= 15 is 0 Å². The van der Waals surface area contributed by atoms with Crippen molar-refractivity contribution in [2.45, 2.75) is 6.92 Å². The summed E-state index contributed by atoms with van der Waals surface area (Å²) in [6.45, 7) is 1.78. The Labute approximate surface area is 176 Å². The summed E-state index contributed by atoms with van der Waals surface area (Å²) in [6.07, 6.45) is 1.59. The molecule has 0 unspecified atom stereocenters. The van der Waals surface area contributed by atoms with Crippen LogP contribution in [-0.4, -0.2) is 38.2 Å². The van der Waals surface area contributed by atoms with Gasteiger partial charge in [0.05, 0.1) is 13.7 Å². The van der Waals surface area contributed by atoms with E-state index in [1.165, 1.54) is 7.11 Å². The molecule has 2 aromatic carbocycles. The molecule has 8 heteroatoms. The first kappa shape index (κ1) is 20.6. The number of methoxy groups -OCH3 is 1. The van der Waals surface area contributed by atoms with Gasteiger partial charge in [-0.05, 0) is 55.0 Å². The van der Waals surface area contributed by atoms with Gasteiger partial charge in [-0.1, -0.05) is 22.0 Å². The molecule has 0 saturated heterocycles. The number of carbonyl (C=O) groups is 2. The number of aliphatic imine (C=N–C) groups is 1. The van der Waals surface area contributed by atoms with Gasteiger partial charge >= 0.3 is 11.9 Å². The van der Waals surface area contributed by atoms with Crippen molar-refractivity contribution in [3.63, 3.8) is 0 Å². The van der Waals surface area contributed by atoms with Gasteiger partial charge in [0.2, 0.25) is 5.90 Å². The minimum atomic E-state index is -0.537. The van der Waals surface area contributed by atoms with E-state index in [-0.39, 0.29) is 24.8 Å². The van der Waals surface area contributed by atoms with Crippen LogP contribution in [0.5, 0.6) is 11.5 Å². The van der Waals surface area contributed by atoms with E-state index in [1.54, 1.807) is 43.3 Å². The second kappa shape index (κ2) is 9.38. The first-order chi connectivity index (χ1) is 14.0.